The van der Waals surface area contributed by atoms with Gasteiger partial charge >= 0.3 is 6.09 Å². The summed E-state index contributed by atoms with van der Waals surface area (Å²) in [6.07, 6.45) is 2.45. The number of piperazine rings is 1. The van der Waals surface area contributed by atoms with Crippen LogP contribution in [-0.4, -0.2) is 78.6 Å². The van der Waals surface area contributed by atoms with Crippen molar-refractivity contribution < 1.29 is 14.7 Å². The molecule has 1 rings (SSSR count). The average Bonchev–Trinajstić information content (AvgIpc) is 2.28. The third-order valence-electron chi connectivity index (χ3n) is 2.59. The predicted octanol–water partition coefficient (Wildman–Crippen LogP) is -0.0736. The van der Waals surface area contributed by atoms with Gasteiger partial charge in [0.05, 0.1) is 0 Å². The molecular weight excluding hydrogens is 222 g/mol. The third-order valence-corrected chi connectivity index (χ3v) is 2.59. The first-order valence-electron chi connectivity index (χ1n) is 5.58. The molecule has 1 heterocycles. The van der Waals surface area contributed by atoms with E-state index in [1.807, 2.05) is 25.1 Å². The number of carbonyl (C=O) groups excluding carboxylic acids is 1. The fraction of sp³-hybridized carbons (Fsp3) is 0.636. The van der Waals surface area contributed by atoms with E-state index in [0.717, 1.165) is 6.54 Å². The minimum Gasteiger partial charge on any atom is -0.465 e. The Morgan fingerprint density at radius 3 is 2.18 bits per heavy atom. The fourth-order valence-corrected chi connectivity index (χ4v) is 1.59. The van der Waals surface area contributed by atoms with Crippen LogP contribution in [0.5, 0.6) is 0 Å². The maximum absolute atomic E-state index is 11.7. The zero-order chi connectivity index (χ0) is 12.8. The standard InChI is InChI=1S/C11H19N3O3/c1-12(2)5-3-4-10(15)13-6-8-14(9-7-13)11(16)17/h3-4H,5-9H2,1-2H3,(H,16,17)/b4-3+. The van der Waals surface area contributed by atoms with Gasteiger partial charge in [-0.3, -0.25) is 4.79 Å². The third kappa shape index (κ3) is 4.44. The van der Waals surface area contributed by atoms with Crippen molar-refractivity contribution in [3.8, 4) is 0 Å². The van der Waals surface area contributed by atoms with E-state index in [-0.39, 0.29) is 5.91 Å². The summed E-state index contributed by atoms with van der Waals surface area (Å²) >= 11 is 0. The molecule has 2 amide bonds. The summed E-state index contributed by atoms with van der Waals surface area (Å²) in [5, 5.41) is 8.77. The van der Waals surface area contributed by atoms with Crippen LogP contribution in [0, 0.1) is 0 Å². The van der Waals surface area contributed by atoms with Gasteiger partial charge in [-0.1, -0.05) is 6.08 Å². The van der Waals surface area contributed by atoms with Gasteiger partial charge in [0.1, 0.15) is 0 Å². The van der Waals surface area contributed by atoms with E-state index in [4.69, 9.17) is 5.11 Å². The Hall–Kier alpha value is -1.56. The van der Waals surface area contributed by atoms with E-state index in [9.17, 15) is 9.59 Å². The van der Waals surface area contributed by atoms with Crippen LogP contribution in [0.4, 0.5) is 4.79 Å². The van der Waals surface area contributed by atoms with Crippen LogP contribution in [0.2, 0.25) is 0 Å². The van der Waals surface area contributed by atoms with E-state index in [1.54, 1.807) is 11.0 Å². The van der Waals surface area contributed by atoms with Gasteiger partial charge in [-0.15, -0.1) is 0 Å². The molecule has 0 atom stereocenters. The molecule has 0 spiro atoms. The number of amides is 2. The van der Waals surface area contributed by atoms with Gasteiger partial charge in [0, 0.05) is 38.8 Å². The first-order chi connectivity index (χ1) is 8.00. The second-order valence-electron chi connectivity index (χ2n) is 4.26. The number of rotatable bonds is 3. The van der Waals surface area contributed by atoms with Gasteiger partial charge in [-0.05, 0) is 14.1 Å². The largest absolute Gasteiger partial charge is 0.465 e. The quantitative estimate of drug-likeness (QED) is 0.702. The highest BCUT2D eigenvalue weighted by Crippen LogP contribution is 2.02. The number of hydrogen-bond donors (Lipinski definition) is 1. The van der Waals surface area contributed by atoms with Gasteiger partial charge in [0.2, 0.25) is 5.91 Å². The van der Waals surface area contributed by atoms with Crippen molar-refractivity contribution in [2.24, 2.45) is 0 Å². The highest BCUT2D eigenvalue weighted by Gasteiger charge is 2.22. The minimum atomic E-state index is -0.916. The first kappa shape index (κ1) is 13.5. The molecule has 6 heteroatoms. The summed E-state index contributed by atoms with van der Waals surface area (Å²) in [5.41, 5.74) is 0. The molecule has 0 aromatic heterocycles. The average molecular weight is 241 g/mol. The second-order valence-corrected chi connectivity index (χ2v) is 4.26. The lowest BCUT2D eigenvalue weighted by molar-refractivity contribution is -0.127. The summed E-state index contributed by atoms with van der Waals surface area (Å²) in [6.45, 7) is 2.45. The number of carbonyl (C=O) groups is 2. The van der Waals surface area contributed by atoms with Crippen LogP contribution in [0.25, 0.3) is 0 Å². The Bertz CT molecular complexity index is 307. The molecule has 0 bridgehead atoms. The Balaban J connectivity index is 2.35. The molecular formula is C11H19N3O3. The molecule has 1 aliphatic heterocycles. The SMILES string of the molecule is CN(C)C/C=C/C(=O)N1CCN(C(=O)O)CC1. The Labute approximate surface area is 101 Å². The Morgan fingerprint density at radius 1 is 1.18 bits per heavy atom. The summed E-state index contributed by atoms with van der Waals surface area (Å²) in [7, 11) is 3.86. The molecule has 17 heavy (non-hydrogen) atoms. The van der Waals surface area contributed by atoms with E-state index in [0.29, 0.717) is 26.2 Å². The summed E-state index contributed by atoms with van der Waals surface area (Å²) < 4.78 is 0. The lowest BCUT2D eigenvalue weighted by Crippen LogP contribution is -2.49. The molecule has 0 aromatic rings. The molecule has 0 aliphatic carbocycles. The summed E-state index contributed by atoms with van der Waals surface area (Å²) in [5.74, 6) is -0.0445. The highest BCUT2D eigenvalue weighted by atomic mass is 16.4. The maximum atomic E-state index is 11.7. The van der Waals surface area contributed by atoms with Crippen molar-refractivity contribution in [3.05, 3.63) is 12.2 Å². The Kier molecular flexibility index (Phi) is 4.96. The molecule has 1 aliphatic rings. The van der Waals surface area contributed by atoms with Crippen LogP contribution in [-0.2, 0) is 4.79 Å². The smallest absolute Gasteiger partial charge is 0.407 e. The second kappa shape index (κ2) is 6.24. The monoisotopic (exact) mass is 241 g/mol. The molecule has 1 saturated heterocycles. The van der Waals surface area contributed by atoms with Crippen molar-refractivity contribution in [3.63, 3.8) is 0 Å². The van der Waals surface area contributed by atoms with Crippen molar-refractivity contribution in [2.45, 2.75) is 0 Å². The van der Waals surface area contributed by atoms with Crippen LogP contribution >= 0.6 is 0 Å². The normalized spacial score (nSPS) is 16.9. The molecule has 0 unspecified atom stereocenters. The molecule has 0 saturated carbocycles. The van der Waals surface area contributed by atoms with Gasteiger partial charge in [0.25, 0.3) is 0 Å². The molecule has 96 valence electrons. The predicted molar refractivity (Wildman–Crippen MR) is 63.9 cm³/mol. The number of likely N-dealkylation sites (N-methyl/N-ethyl adjacent to an activating group) is 1. The van der Waals surface area contributed by atoms with Gasteiger partial charge in [-0.2, -0.15) is 0 Å². The zero-order valence-electron chi connectivity index (χ0n) is 10.3. The molecule has 1 N–H and O–H groups in total. The highest BCUT2D eigenvalue weighted by molar-refractivity contribution is 5.87. The lowest BCUT2D eigenvalue weighted by atomic mass is 10.3. The minimum absolute atomic E-state index is 0.0445. The molecule has 0 radical (unpaired) electrons. The summed E-state index contributed by atoms with van der Waals surface area (Å²) in [6, 6.07) is 0. The van der Waals surface area contributed by atoms with Crippen molar-refractivity contribution >= 4 is 12.0 Å². The topological polar surface area (TPSA) is 64.1 Å². The van der Waals surface area contributed by atoms with Crippen molar-refractivity contribution in [1.82, 2.24) is 14.7 Å². The molecule has 0 aromatic carbocycles. The number of nitrogens with zero attached hydrogens (tertiary/aromatic N) is 3. The van der Waals surface area contributed by atoms with E-state index >= 15 is 0 Å². The molecule has 6 nitrogen and oxygen atoms in total. The lowest BCUT2D eigenvalue weighted by Gasteiger charge is -2.32. The maximum Gasteiger partial charge on any atom is 0.407 e. The zero-order valence-corrected chi connectivity index (χ0v) is 10.3. The van der Waals surface area contributed by atoms with Crippen LogP contribution in [0.1, 0.15) is 0 Å². The van der Waals surface area contributed by atoms with Crippen LogP contribution < -0.4 is 0 Å². The van der Waals surface area contributed by atoms with E-state index in [1.165, 1.54) is 4.90 Å². The van der Waals surface area contributed by atoms with Gasteiger partial charge < -0.3 is 19.8 Å². The number of carboxylic acid groups (broad SMARTS) is 1. The van der Waals surface area contributed by atoms with Crippen molar-refractivity contribution in [2.75, 3.05) is 46.8 Å². The van der Waals surface area contributed by atoms with E-state index in [2.05, 4.69) is 0 Å². The van der Waals surface area contributed by atoms with Crippen molar-refractivity contribution in [1.29, 1.82) is 0 Å². The molecule has 1 fully saturated rings. The van der Waals surface area contributed by atoms with Gasteiger partial charge in [0.15, 0.2) is 0 Å². The first-order valence-corrected chi connectivity index (χ1v) is 5.58. The van der Waals surface area contributed by atoms with Crippen LogP contribution in [0.15, 0.2) is 12.2 Å². The van der Waals surface area contributed by atoms with Gasteiger partial charge in [-0.25, -0.2) is 4.79 Å². The number of hydrogen-bond acceptors (Lipinski definition) is 3. The Morgan fingerprint density at radius 2 is 1.71 bits per heavy atom. The summed E-state index contributed by atoms with van der Waals surface area (Å²) in [4.78, 5) is 27.4. The fourth-order valence-electron chi connectivity index (χ4n) is 1.59. The van der Waals surface area contributed by atoms with E-state index < -0.39 is 6.09 Å². The van der Waals surface area contributed by atoms with Crippen LogP contribution in [0.3, 0.4) is 0 Å².